The summed E-state index contributed by atoms with van der Waals surface area (Å²) in [5.41, 5.74) is 4.09. The highest BCUT2D eigenvalue weighted by atomic mass is 127. The Balaban J connectivity index is 0.00000242. The summed E-state index contributed by atoms with van der Waals surface area (Å²) in [5.74, 6) is 1.56. The highest BCUT2D eigenvalue weighted by Crippen LogP contribution is 2.11. The number of nitrogens with one attached hydrogen (secondary N) is 2. The van der Waals surface area contributed by atoms with E-state index in [0.29, 0.717) is 13.1 Å². The first-order chi connectivity index (χ1) is 10.1. The summed E-state index contributed by atoms with van der Waals surface area (Å²) in [7, 11) is 1.75. The summed E-state index contributed by atoms with van der Waals surface area (Å²) in [5, 5.41) is 10.4. The lowest BCUT2D eigenvalue weighted by Gasteiger charge is -2.11. The van der Waals surface area contributed by atoms with Gasteiger partial charge in [-0.05, 0) is 32.4 Å². The fraction of sp³-hybridized carbons (Fsp3) is 0.400. The number of hydrogen-bond donors (Lipinski definition) is 2. The van der Waals surface area contributed by atoms with Crippen molar-refractivity contribution >= 4 is 29.9 Å². The summed E-state index contributed by atoms with van der Waals surface area (Å²) < 4.78 is 5.14. The second-order valence-electron chi connectivity index (χ2n) is 4.89. The van der Waals surface area contributed by atoms with Gasteiger partial charge in [0.05, 0.1) is 5.69 Å². The predicted molar refractivity (Wildman–Crippen MR) is 97.4 cm³/mol. The fourth-order valence-corrected chi connectivity index (χ4v) is 1.94. The summed E-state index contributed by atoms with van der Waals surface area (Å²) in [6.07, 6.45) is 1.86. The zero-order valence-corrected chi connectivity index (χ0v) is 15.6. The van der Waals surface area contributed by atoms with Gasteiger partial charge in [-0.2, -0.15) is 0 Å². The van der Waals surface area contributed by atoms with E-state index in [0.717, 1.165) is 34.2 Å². The highest BCUT2D eigenvalue weighted by Gasteiger charge is 2.09. The van der Waals surface area contributed by atoms with Crippen LogP contribution < -0.4 is 10.6 Å². The van der Waals surface area contributed by atoms with E-state index in [1.54, 1.807) is 7.05 Å². The standard InChI is InChI=1S/C15H21N5O.HI/c1-10-5-6-13(7-17-10)8-18-15(16-4)19-9-14-11(2)20-21-12(14)3;/h5-7H,8-9H2,1-4H3,(H2,16,18,19);1H. The van der Waals surface area contributed by atoms with Crippen LogP contribution in [0.2, 0.25) is 0 Å². The SMILES string of the molecule is CN=C(NCc1ccc(C)nc1)NCc1c(C)noc1C.I. The summed E-state index contributed by atoms with van der Waals surface area (Å²) in [4.78, 5) is 8.47. The van der Waals surface area contributed by atoms with Crippen molar-refractivity contribution in [3.8, 4) is 0 Å². The number of hydrogen-bond acceptors (Lipinski definition) is 4. The molecule has 0 aromatic carbocycles. The molecule has 0 unspecified atom stereocenters. The van der Waals surface area contributed by atoms with E-state index in [-0.39, 0.29) is 24.0 Å². The molecule has 0 bridgehead atoms. The Bertz CT molecular complexity index is 602. The number of halogens is 1. The summed E-state index contributed by atoms with van der Waals surface area (Å²) in [6, 6.07) is 4.05. The van der Waals surface area contributed by atoms with Crippen LogP contribution in [-0.4, -0.2) is 23.1 Å². The maximum absolute atomic E-state index is 5.14. The minimum Gasteiger partial charge on any atom is -0.361 e. The minimum absolute atomic E-state index is 0. The third kappa shape index (κ3) is 4.97. The van der Waals surface area contributed by atoms with Crippen LogP contribution in [0.15, 0.2) is 27.8 Å². The fourth-order valence-electron chi connectivity index (χ4n) is 1.94. The van der Waals surface area contributed by atoms with Gasteiger partial charge in [0, 0.05) is 37.6 Å². The predicted octanol–water partition coefficient (Wildman–Crippen LogP) is 2.48. The largest absolute Gasteiger partial charge is 0.361 e. The second-order valence-corrected chi connectivity index (χ2v) is 4.89. The molecule has 6 nitrogen and oxygen atoms in total. The zero-order chi connectivity index (χ0) is 15.2. The first kappa shape index (κ1) is 18.4. The van der Waals surface area contributed by atoms with Gasteiger partial charge in [-0.1, -0.05) is 11.2 Å². The molecule has 0 radical (unpaired) electrons. The van der Waals surface area contributed by atoms with Gasteiger partial charge >= 0.3 is 0 Å². The second kappa shape index (κ2) is 8.72. The maximum Gasteiger partial charge on any atom is 0.191 e. The van der Waals surface area contributed by atoms with Crippen LogP contribution in [0.25, 0.3) is 0 Å². The van der Waals surface area contributed by atoms with Crippen LogP contribution in [0, 0.1) is 20.8 Å². The van der Waals surface area contributed by atoms with Gasteiger partial charge in [0.25, 0.3) is 0 Å². The molecule has 0 saturated carbocycles. The van der Waals surface area contributed by atoms with Gasteiger partial charge in [-0.3, -0.25) is 9.98 Å². The van der Waals surface area contributed by atoms with E-state index < -0.39 is 0 Å². The lowest BCUT2D eigenvalue weighted by Crippen LogP contribution is -2.36. The molecule has 0 atom stereocenters. The monoisotopic (exact) mass is 415 g/mol. The smallest absolute Gasteiger partial charge is 0.191 e. The van der Waals surface area contributed by atoms with Gasteiger partial charge in [0.2, 0.25) is 0 Å². The molecule has 120 valence electrons. The van der Waals surface area contributed by atoms with Crippen molar-refractivity contribution in [3.63, 3.8) is 0 Å². The molecular weight excluding hydrogens is 393 g/mol. The van der Waals surface area contributed by atoms with Gasteiger partial charge in [-0.15, -0.1) is 24.0 Å². The van der Waals surface area contributed by atoms with Crippen LogP contribution in [0.5, 0.6) is 0 Å². The van der Waals surface area contributed by atoms with Crippen LogP contribution in [0.3, 0.4) is 0 Å². The number of pyridine rings is 1. The van der Waals surface area contributed by atoms with E-state index >= 15 is 0 Å². The molecule has 22 heavy (non-hydrogen) atoms. The lowest BCUT2D eigenvalue weighted by atomic mass is 10.2. The zero-order valence-electron chi connectivity index (χ0n) is 13.3. The topological polar surface area (TPSA) is 75.3 Å². The molecule has 2 rings (SSSR count). The average Bonchev–Trinajstić information content (AvgIpc) is 2.80. The first-order valence-corrected chi connectivity index (χ1v) is 6.88. The Morgan fingerprint density at radius 1 is 1.18 bits per heavy atom. The quantitative estimate of drug-likeness (QED) is 0.456. The molecule has 0 aliphatic heterocycles. The third-order valence-electron chi connectivity index (χ3n) is 3.27. The Labute approximate surface area is 147 Å². The van der Waals surface area contributed by atoms with Gasteiger partial charge < -0.3 is 15.2 Å². The summed E-state index contributed by atoms with van der Waals surface area (Å²) >= 11 is 0. The number of nitrogens with zero attached hydrogens (tertiary/aromatic N) is 3. The van der Waals surface area contributed by atoms with Crippen molar-refractivity contribution in [1.29, 1.82) is 0 Å². The molecule has 0 aliphatic rings. The maximum atomic E-state index is 5.14. The van der Waals surface area contributed by atoms with E-state index in [4.69, 9.17) is 4.52 Å². The Morgan fingerprint density at radius 3 is 2.45 bits per heavy atom. The van der Waals surface area contributed by atoms with Crippen molar-refractivity contribution in [2.45, 2.75) is 33.9 Å². The van der Waals surface area contributed by atoms with Gasteiger partial charge in [0.1, 0.15) is 5.76 Å². The number of rotatable bonds is 4. The molecule has 0 amide bonds. The molecule has 0 fully saturated rings. The van der Waals surface area contributed by atoms with E-state index in [1.165, 1.54) is 0 Å². The molecule has 2 aromatic rings. The van der Waals surface area contributed by atoms with E-state index in [2.05, 4.69) is 31.8 Å². The van der Waals surface area contributed by atoms with Crippen molar-refractivity contribution in [1.82, 2.24) is 20.8 Å². The molecule has 0 aliphatic carbocycles. The first-order valence-electron chi connectivity index (χ1n) is 6.88. The molecule has 2 N–H and O–H groups in total. The number of guanidine groups is 1. The molecular formula is C15H22IN5O. The van der Waals surface area contributed by atoms with Crippen LogP contribution >= 0.6 is 24.0 Å². The Kier molecular flexibility index (Phi) is 7.30. The van der Waals surface area contributed by atoms with Crippen molar-refractivity contribution < 1.29 is 4.52 Å². The molecule has 2 aromatic heterocycles. The number of aromatic nitrogens is 2. The third-order valence-corrected chi connectivity index (χ3v) is 3.27. The van der Waals surface area contributed by atoms with Crippen LogP contribution in [0.1, 0.15) is 28.3 Å². The van der Waals surface area contributed by atoms with Gasteiger partial charge in [-0.25, -0.2) is 0 Å². The van der Waals surface area contributed by atoms with Crippen LogP contribution in [0.4, 0.5) is 0 Å². The number of aliphatic imine (C=N–C) groups is 1. The summed E-state index contributed by atoms with van der Waals surface area (Å²) in [6.45, 7) is 7.12. The molecule has 0 saturated heterocycles. The Morgan fingerprint density at radius 2 is 1.91 bits per heavy atom. The molecule has 7 heteroatoms. The van der Waals surface area contributed by atoms with Crippen molar-refractivity contribution in [3.05, 3.63) is 46.6 Å². The van der Waals surface area contributed by atoms with Crippen LogP contribution in [-0.2, 0) is 13.1 Å². The van der Waals surface area contributed by atoms with Crippen molar-refractivity contribution in [2.24, 2.45) is 4.99 Å². The van der Waals surface area contributed by atoms with E-state index in [9.17, 15) is 0 Å². The highest BCUT2D eigenvalue weighted by molar-refractivity contribution is 14.0. The average molecular weight is 415 g/mol. The molecule has 2 heterocycles. The Hall–Kier alpha value is -1.64. The lowest BCUT2D eigenvalue weighted by molar-refractivity contribution is 0.392. The normalized spacial score (nSPS) is 11.0. The van der Waals surface area contributed by atoms with Gasteiger partial charge in [0.15, 0.2) is 5.96 Å². The molecule has 0 spiro atoms. The van der Waals surface area contributed by atoms with E-state index in [1.807, 2.05) is 33.0 Å². The minimum atomic E-state index is 0. The van der Waals surface area contributed by atoms with Crippen molar-refractivity contribution in [2.75, 3.05) is 7.05 Å². The number of aryl methyl sites for hydroxylation is 3.